The Labute approximate surface area is 130 Å². The molecule has 0 bridgehead atoms. The van der Waals surface area contributed by atoms with Crippen LogP contribution in [0.5, 0.6) is 0 Å². The number of nitrogens with one attached hydrogen (secondary N) is 1. The Kier molecular flexibility index (Phi) is 7.09. The number of halogens is 1. The Morgan fingerprint density at radius 3 is 2.10 bits per heavy atom. The highest BCUT2D eigenvalue weighted by Gasteiger charge is 2.26. The fraction of sp³-hybridized carbons (Fsp3) is 1.00. The molecule has 0 unspecified atom stereocenters. The lowest BCUT2D eigenvalue weighted by Crippen LogP contribution is -2.48. The van der Waals surface area contributed by atoms with E-state index in [-0.39, 0.29) is 12.4 Å². The first-order valence-electron chi connectivity index (χ1n) is 8.59. The van der Waals surface area contributed by atoms with Gasteiger partial charge in [-0.3, -0.25) is 0 Å². The zero-order valence-electron chi connectivity index (χ0n) is 12.9. The number of nitrogens with zero attached hydrogens (tertiary/aromatic N) is 2. The van der Waals surface area contributed by atoms with Gasteiger partial charge in [0.25, 0.3) is 0 Å². The van der Waals surface area contributed by atoms with E-state index in [1.807, 2.05) is 0 Å². The zero-order valence-corrected chi connectivity index (χ0v) is 13.7. The molecule has 4 heteroatoms. The first kappa shape index (κ1) is 16.5. The highest BCUT2D eigenvalue weighted by Crippen LogP contribution is 2.22. The molecule has 0 aliphatic carbocycles. The summed E-state index contributed by atoms with van der Waals surface area (Å²) in [5.41, 5.74) is 0. The molecule has 3 nitrogen and oxygen atoms in total. The molecule has 118 valence electrons. The van der Waals surface area contributed by atoms with Gasteiger partial charge in [-0.15, -0.1) is 12.4 Å². The van der Waals surface area contributed by atoms with E-state index in [0.29, 0.717) is 0 Å². The summed E-state index contributed by atoms with van der Waals surface area (Å²) in [4.78, 5) is 5.53. The normalized spacial score (nSPS) is 28.2. The van der Waals surface area contributed by atoms with Crippen molar-refractivity contribution in [1.82, 2.24) is 15.1 Å². The molecule has 0 aromatic heterocycles. The summed E-state index contributed by atoms with van der Waals surface area (Å²) in [6.07, 6.45) is 9.98. The quantitative estimate of drug-likeness (QED) is 0.863. The molecule has 0 amide bonds. The third-order valence-corrected chi connectivity index (χ3v) is 5.44. The SMILES string of the molecule is C1CCN(C2CCN(CC3CCNCC3)CC2)CC1.Cl. The predicted molar refractivity (Wildman–Crippen MR) is 87.7 cm³/mol. The van der Waals surface area contributed by atoms with Crippen LogP contribution >= 0.6 is 12.4 Å². The molecule has 3 aliphatic rings. The molecule has 0 spiro atoms. The van der Waals surface area contributed by atoms with Gasteiger partial charge in [0.2, 0.25) is 0 Å². The van der Waals surface area contributed by atoms with Gasteiger partial charge in [-0.1, -0.05) is 6.42 Å². The van der Waals surface area contributed by atoms with Gasteiger partial charge in [-0.2, -0.15) is 0 Å². The van der Waals surface area contributed by atoms with Crippen molar-refractivity contribution in [1.29, 1.82) is 0 Å². The van der Waals surface area contributed by atoms with Crippen molar-refractivity contribution < 1.29 is 0 Å². The third kappa shape index (κ3) is 4.59. The summed E-state index contributed by atoms with van der Waals surface area (Å²) < 4.78 is 0. The highest BCUT2D eigenvalue weighted by molar-refractivity contribution is 5.85. The fourth-order valence-electron chi connectivity index (χ4n) is 4.18. The van der Waals surface area contributed by atoms with Gasteiger partial charge in [0.15, 0.2) is 0 Å². The minimum atomic E-state index is 0. The van der Waals surface area contributed by atoms with Crippen LogP contribution in [0.4, 0.5) is 0 Å². The van der Waals surface area contributed by atoms with Crippen LogP contribution in [0.1, 0.15) is 44.9 Å². The number of rotatable bonds is 3. The topological polar surface area (TPSA) is 18.5 Å². The molecule has 3 rings (SSSR count). The summed E-state index contributed by atoms with van der Waals surface area (Å²) in [6, 6.07) is 0.907. The fourth-order valence-corrected chi connectivity index (χ4v) is 4.18. The van der Waals surface area contributed by atoms with E-state index in [1.54, 1.807) is 0 Å². The molecule has 0 aromatic carbocycles. The van der Waals surface area contributed by atoms with Crippen molar-refractivity contribution in [3.63, 3.8) is 0 Å². The smallest absolute Gasteiger partial charge is 0.0120 e. The second-order valence-electron chi connectivity index (χ2n) is 6.82. The Morgan fingerprint density at radius 2 is 1.45 bits per heavy atom. The molecule has 0 aromatic rings. The van der Waals surface area contributed by atoms with Crippen LogP contribution in [0.2, 0.25) is 0 Å². The van der Waals surface area contributed by atoms with Crippen molar-refractivity contribution in [2.24, 2.45) is 5.92 Å². The number of likely N-dealkylation sites (tertiary alicyclic amines) is 2. The molecule has 20 heavy (non-hydrogen) atoms. The largest absolute Gasteiger partial charge is 0.317 e. The molecular weight excluding hydrogens is 270 g/mol. The lowest BCUT2D eigenvalue weighted by molar-refractivity contribution is 0.0823. The molecular formula is C16H32ClN3. The monoisotopic (exact) mass is 301 g/mol. The van der Waals surface area contributed by atoms with Gasteiger partial charge in [0.05, 0.1) is 0 Å². The summed E-state index contributed by atoms with van der Waals surface area (Å²) in [6.45, 7) is 9.31. The van der Waals surface area contributed by atoms with Crippen LogP contribution in [0, 0.1) is 5.92 Å². The van der Waals surface area contributed by atoms with Gasteiger partial charge >= 0.3 is 0 Å². The molecule has 0 radical (unpaired) electrons. The van der Waals surface area contributed by atoms with E-state index in [1.165, 1.54) is 90.8 Å². The molecule has 3 fully saturated rings. The van der Waals surface area contributed by atoms with Crippen molar-refractivity contribution in [3.05, 3.63) is 0 Å². The maximum Gasteiger partial charge on any atom is 0.0120 e. The van der Waals surface area contributed by atoms with E-state index >= 15 is 0 Å². The third-order valence-electron chi connectivity index (χ3n) is 5.44. The van der Waals surface area contributed by atoms with E-state index in [9.17, 15) is 0 Å². The van der Waals surface area contributed by atoms with Gasteiger partial charge in [-0.25, -0.2) is 0 Å². The first-order chi connectivity index (χ1) is 9.42. The summed E-state index contributed by atoms with van der Waals surface area (Å²) in [5.74, 6) is 0.966. The Balaban J connectivity index is 0.00000147. The van der Waals surface area contributed by atoms with Crippen LogP contribution in [0.25, 0.3) is 0 Å². The molecule has 3 saturated heterocycles. The summed E-state index contributed by atoms with van der Waals surface area (Å²) in [7, 11) is 0. The summed E-state index contributed by atoms with van der Waals surface area (Å²) >= 11 is 0. The van der Waals surface area contributed by atoms with Crippen LogP contribution < -0.4 is 5.32 Å². The van der Waals surface area contributed by atoms with E-state index in [4.69, 9.17) is 0 Å². The Bertz CT molecular complexity index is 254. The summed E-state index contributed by atoms with van der Waals surface area (Å²) in [5, 5.41) is 3.48. The standard InChI is InChI=1S/C16H31N3.ClH/c1-2-10-19(11-3-1)16-6-12-18(13-7-16)14-15-4-8-17-9-5-15;/h15-17H,1-14H2;1H. The Hall–Kier alpha value is 0.170. The van der Waals surface area contributed by atoms with Gasteiger partial charge in [0, 0.05) is 12.6 Å². The van der Waals surface area contributed by atoms with Crippen molar-refractivity contribution >= 4 is 12.4 Å². The van der Waals surface area contributed by atoms with Crippen LogP contribution in [0.3, 0.4) is 0 Å². The highest BCUT2D eigenvalue weighted by atomic mass is 35.5. The Morgan fingerprint density at radius 1 is 0.800 bits per heavy atom. The van der Waals surface area contributed by atoms with Gasteiger partial charge in [0.1, 0.15) is 0 Å². The second-order valence-corrected chi connectivity index (χ2v) is 6.82. The number of piperidine rings is 3. The first-order valence-corrected chi connectivity index (χ1v) is 8.59. The van der Waals surface area contributed by atoms with E-state index in [0.717, 1.165) is 12.0 Å². The van der Waals surface area contributed by atoms with Crippen LogP contribution in [-0.2, 0) is 0 Å². The molecule has 0 saturated carbocycles. The number of hydrogen-bond acceptors (Lipinski definition) is 3. The number of hydrogen-bond donors (Lipinski definition) is 1. The van der Waals surface area contributed by atoms with Crippen molar-refractivity contribution in [3.8, 4) is 0 Å². The minimum absolute atomic E-state index is 0. The predicted octanol–water partition coefficient (Wildman–Crippen LogP) is 2.36. The molecule has 1 N–H and O–H groups in total. The second kappa shape index (κ2) is 8.57. The molecule has 3 aliphatic heterocycles. The zero-order chi connectivity index (χ0) is 12.9. The van der Waals surface area contributed by atoms with Gasteiger partial charge in [-0.05, 0) is 83.7 Å². The minimum Gasteiger partial charge on any atom is -0.317 e. The average Bonchev–Trinajstić information content (AvgIpc) is 2.50. The van der Waals surface area contributed by atoms with Crippen molar-refractivity contribution in [2.45, 2.75) is 51.0 Å². The lowest BCUT2D eigenvalue weighted by Gasteiger charge is -2.41. The van der Waals surface area contributed by atoms with Crippen LogP contribution in [0.15, 0.2) is 0 Å². The lowest BCUT2D eigenvalue weighted by atomic mass is 9.95. The van der Waals surface area contributed by atoms with Crippen molar-refractivity contribution in [2.75, 3.05) is 45.8 Å². The maximum atomic E-state index is 3.48. The average molecular weight is 302 g/mol. The van der Waals surface area contributed by atoms with E-state index < -0.39 is 0 Å². The maximum absolute atomic E-state index is 3.48. The molecule has 3 heterocycles. The van der Waals surface area contributed by atoms with E-state index in [2.05, 4.69) is 15.1 Å². The van der Waals surface area contributed by atoms with Crippen LogP contribution in [-0.4, -0.2) is 61.7 Å². The van der Waals surface area contributed by atoms with Gasteiger partial charge < -0.3 is 15.1 Å². The molecule has 0 atom stereocenters.